The van der Waals surface area contributed by atoms with Crippen LogP contribution in [0.25, 0.3) is 10.2 Å². The first-order valence-electron chi connectivity index (χ1n) is 10.1. The number of thiophene rings is 1. The Hall–Kier alpha value is -2.70. The van der Waals surface area contributed by atoms with Gasteiger partial charge in [0.15, 0.2) is 5.82 Å². The zero-order chi connectivity index (χ0) is 19.8. The number of aryl methyl sites for hydroxylation is 1. The number of hydrogen-bond donors (Lipinski definition) is 3. The lowest BCUT2D eigenvalue weighted by Crippen LogP contribution is -2.47. The first kappa shape index (κ1) is 18.3. The van der Waals surface area contributed by atoms with Crippen molar-refractivity contribution >= 4 is 39.1 Å². The summed E-state index contributed by atoms with van der Waals surface area (Å²) in [5.41, 5.74) is 1.00. The third kappa shape index (κ3) is 3.66. The van der Waals surface area contributed by atoms with Crippen molar-refractivity contribution in [2.45, 2.75) is 57.2 Å². The SMILES string of the molecule is Cc1cc(Nc2nc(NC3CC4CC[C@@H](C3)N4CCC#N)nc3sccc23)n[nH]1. The zero-order valence-corrected chi connectivity index (χ0v) is 17.2. The van der Waals surface area contributed by atoms with Crippen LogP contribution in [0.3, 0.4) is 0 Å². The summed E-state index contributed by atoms with van der Waals surface area (Å²) >= 11 is 1.62. The van der Waals surface area contributed by atoms with Crippen LogP contribution in [0.5, 0.6) is 0 Å². The van der Waals surface area contributed by atoms with E-state index in [9.17, 15) is 0 Å². The van der Waals surface area contributed by atoms with Crippen molar-refractivity contribution in [1.82, 2.24) is 25.1 Å². The van der Waals surface area contributed by atoms with E-state index in [4.69, 9.17) is 15.2 Å². The smallest absolute Gasteiger partial charge is 0.226 e. The summed E-state index contributed by atoms with van der Waals surface area (Å²) in [5.74, 6) is 2.20. The average Bonchev–Trinajstić information content (AvgIpc) is 3.39. The van der Waals surface area contributed by atoms with Crippen molar-refractivity contribution in [3.63, 3.8) is 0 Å². The molecule has 0 aromatic carbocycles. The molecular formula is C20H24N8S. The number of rotatable bonds is 6. The molecule has 150 valence electrons. The van der Waals surface area contributed by atoms with E-state index in [0.717, 1.165) is 46.9 Å². The predicted octanol–water partition coefficient (Wildman–Crippen LogP) is 3.79. The van der Waals surface area contributed by atoms with E-state index in [-0.39, 0.29) is 0 Å². The van der Waals surface area contributed by atoms with Gasteiger partial charge in [0.1, 0.15) is 10.6 Å². The fourth-order valence-corrected chi connectivity index (χ4v) is 5.50. The molecule has 9 heteroatoms. The van der Waals surface area contributed by atoms with Gasteiger partial charge in [-0.3, -0.25) is 10.00 Å². The topological polar surface area (TPSA) is 106 Å². The van der Waals surface area contributed by atoms with Crippen LogP contribution in [0.4, 0.5) is 17.6 Å². The van der Waals surface area contributed by atoms with Gasteiger partial charge in [0.2, 0.25) is 5.95 Å². The maximum absolute atomic E-state index is 8.92. The van der Waals surface area contributed by atoms with Crippen molar-refractivity contribution in [2.75, 3.05) is 17.2 Å². The first-order valence-corrected chi connectivity index (χ1v) is 11.0. The van der Waals surface area contributed by atoms with E-state index in [0.29, 0.717) is 30.5 Å². The van der Waals surface area contributed by atoms with Crippen molar-refractivity contribution in [1.29, 1.82) is 5.26 Å². The fraction of sp³-hybridized carbons (Fsp3) is 0.500. The van der Waals surface area contributed by atoms with Crippen molar-refractivity contribution in [2.24, 2.45) is 0 Å². The number of H-pyrrole nitrogens is 1. The van der Waals surface area contributed by atoms with Crippen molar-refractivity contribution < 1.29 is 0 Å². The molecule has 2 saturated heterocycles. The Bertz CT molecular complexity index is 1040. The van der Waals surface area contributed by atoms with E-state index in [1.54, 1.807) is 11.3 Å². The monoisotopic (exact) mass is 408 g/mol. The molecule has 2 fully saturated rings. The van der Waals surface area contributed by atoms with Gasteiger partial charge in [-0.2, -0.15) is 15.3 Å². The zero-order valence-electron chi connectivity index (χ0n) is 16.4. The number of nitrogens with zero attached hydrogens (tertiary/aromatic N) is 5. The molecular weight excluding hydrogens is 384 g/mol. The van der Waals surface area contributed by atoms with Gasteiger partial charge in [0.05, 0.1) is 11.5 Å². The Morgan fingerprint density at radius 1 is 1.31 bits per heavy atom. The summed E-state index contributed by atoms with van der Waals surface area (Å²) in [6.07, 6.45) is 5.23. The summed E-state index contributed by atoms with van der Waals surface area (Å²) in [7, 11) is 0. The standard InChI is InChI=1S/C20H24N8S/c1-12-9-17(27-26-12)23-18-16-5-8-29-19(16)25-20(24-18)22-13-10-14-3-4-15(11-13)28(14)7-2-6-21/h5,8-9,13-15H,2-4,7,10-11H2,1H3,(H3,22,23,24,25,26,27)/t13?,14-,15?/m0/s1. The molecule has 2 aliphatic rings. The highest BCUT2D eigenvalue weighted by Crippen LogP contribution is 2.37. The lowest BCUT2D eigenvalue weighted by Gasteiger charge is -2.38. The number of anilines is 3. The molecule has 2 unspecified atom stereocenters. The highest BCUT2D eigenvalue weighted by molar-refractivity contribution is 7.16. The summed E-state index contributed by atoms with van der Waals surface area (Å²) in [4.78, 5) is 13.0. The molecule has 0 spiro atoms. The quantitative estimate of drug-likeness (QED) is 0.570. The lowest BCUT2D eigenvalue weighted by atomic mass is 9.97. The molecule has 0 amide bonds. The molecule has 0 radical (unpaired) electrons. The molecule has 2 aliphatic heterocycles. The van der Waals surface area contributed by atoms with Gasteiger partial charge in [-0.15, -0.1) is 11.3 Å². The molecule has 0 aliphatic carbocycles. The van der Waals surface area contributed by atoms with Crippen LogP contribution < -0.4 is 10.6 Å². The molecule has 3 aromatic heterocycles. The number of aromatic amines is 1. The molecule has 0 saturated carbocycles. The molecule has 5 heterocycles. The van der Waals surface area contributed by atoms with Gasteiger partial charge < -0.3 is 10.6 Å². The van der Waals surface area contributed by atoms with Crippen LogP contribution >= 0.6 is 11.3 Å². The van der Waals surface area contributed by atoms with Gasteiger partial charge in [-0.05, 0) is 44.1 Å². The average molecular weight is 409 g/mol. The number of piperidine rings is 1. The summed E-state index contributed by atoms with van der Waals surface area (Å²) in [6.45, 7) is 2.87. The number of fused-ring (bicyclic) bond motifs is 3. The van der Waals surface area contributed by atoms with E-state index in [2.05, 4.69) is 31.8 Å². The van der Waals surface area contributed by atoms with Crippen LogP contribution in [0.15, 0.2) is 17.5 Å². The second kappa shape index (κ2) is 7.61. The second-order valence-corrected chi connectivity index (χ2v) is 8.83. The highest BCUT2D eigenvalue weighted by atomic mass is 32.1. The Morgan fingerprint density at radius 3 is 2.86 bits per heavy atom. The van der Waals surface area contributed by atoms with Crippen molar-refractivity contribution in [3.8, 4) is 6.07 Å². The first-order chi connectivity index (χ1) is 14.2. The molecule has 3 atom stereocenters. The second-order valence-electron chi connectivity index (χ2n) is 7.94. The number of aromatic nitrogens is 4. The van der Waals surface area contributed by atoms with Gasteiger partial charge in [-0.25, -0.2) is 4.98 Å². The van der Waals surface area contributed by atoms with Crippen LogP contribution in [0.2, 0.25) is 0 Å². The Morgan fingerprint density at radius 2 is 2.14 bits per heavy atom. The van der Waals surface area contributed by atoms with Crippen molar-refractivity contribution in [3.05, 3.63) is 23.2 Å². The van der Waals surface area contributed by atoms with Crippen LogP contribution in [-0.4, -0.2) is 49.7 Å². The highest BCUT2D eigenvalue weighted by Gasteiger charge is 2.40. The number of hydrogen-bond acceptors (Lipinski definition) is 8. The minimum atomic E-state index is 0.365. The maximum atomic E-state index is 8.92. The minimum absolute atomic E-state index is 0.365. The third-order valence-corrected chi connectivity index (χ3v) is 6.78. The molecule has 5 rings (SSSR count). The van der Waals surface area contributed by atoms with Gasteiger partial charge in [-0.1, -0.05) is 0 Å². The normalized spacial score (nSPS) is 23.9. The number of nitriles is 1. The maximum Gasteiger partial charge on any atom is 0.226 e. The summed E-state index contributed by atoms with van der Waals surface area (Å²) < 4.78 is 0. The van der Waals surface area contributed by atoms with Crippen LogP contribution in [0.1, 0.15) is 37.8 Å². The van der Waals surface area contributed by atoms with Crippen LogP contribution in [0, 0.1) is 18.3 Å². The molecule has 2 bridgehead atoms. The predicted molar refractivity (Wildman–Crippen MR) is 114 cm³/mol. The van der Waals surface area contributed by atoms with Gasteiger partial charge in [0.25, 0.3) is 0 Å². The minimum Gasteiger partial charge on any atom is -0.351 e. The summed E-state index contributed by atoms with van der Waals surface area (Å²) in [6, 6.07) is 7.78. The Kier molecular flexibility index (Phi) is 4.81. The van der Waals surface area contributed by atoms with Gasteiger partial charge in [0, 0.05) is 42.9 Å². The Labute approximate surface area is 173 Å². The molecule has 3 N–H and O–H groups in total. The molecule has 3 aromatic rings. The lowest BCUT2D eigenvalue weighted by molar-refractivity contribution is 0.135. The van der Waals surface area contributed by atoms with Crippen LogP contribution in [-0.2, 0) is 0 Å². The fourth-order valence-electron chi connectivity index (χ4n) is 4.74. The molecule has 29 heavy (non-hydrogen) atoms. The van der Waals surface area contributed by atoms with E-state index < -0.39 is 0 Å². The summed E-state index contributed by atoms with van der Waals surface area (Å²) in [5, 5.41) is 26.1. The van der Waals surface area contributed by atoms with E-state index >= 15 is 0 Å². The molecule has 8 nitrogen and oxygen atoms in total. The Balaban J connectivity index is 1.34. The number of nitrogens with one attached hydrogen (secondary N) is 3. The van der Waals surface area contributed by atoms with E-state index in [1.807, 2.05) is 24.4 Å². The van der Waals surface area contributed by atoms with E-state index in [1.165, 1.54) is 12.8 Å². The largest absolute Gasteiger partial charge is 0.351 e. The third-order valence-electron chi connectivity index (χ3n) is 5.98. The van der Waals surface area contributed by atoms with Gasteiger partial charge >= 0.3 is 0 Å².